The average Bonchev–Trinajstić information content (AvgIpc) is 3.03. The molecule has 3 heterocycles. The third-order valence-electron chi connectivity index (χ3n) is 3.72. The van der Waals surface area contributed by atoms with Gasteiger partial charge in [-0.2, -0.15) is 0 Å². The summed E-state index contributed by atoms with van der Waals surface area (Å²) in [6.07, 6.45) is 4.40. The zero-order chi connectivity index (χ0) is 13.2. The predicted octanol–water partition coefficient (Wildman–Crippen LogP) is 2.45. The van der Waals surface area contributed by atoms with Gasteiger partial charge in [0.15, 0.2) is 0 Å². The highest BCUT2D eigenvalue weighted by Crippen LogP contribution is 2.32. The molecule has 0 radical (unpaired) electrons. The lowest BCUT2D eigenvalue weighted by Crippen LogP contribution is -2.20. The van der Waals surface area contributed by atoms with Crippen molar-refractivity contribution in [2.24, 2.45) is 0 Å². The van der Waals surface area contributed by atoms with Crippen LogP contribution in [0.5, 0.6) is 0 Å². The summed E-state index contributed by atoms with van der Waals surface area (Å²) in [4.78, 5) is 6.74. The minimum Gasteiger partial charge on any atom is -0.372 e. The maximum atomic E-state index is 5.85. The first-order chi connectivity index (χ1) is 9.25. The first kappa shape index (κ1) is 12.6. The highest BCUT2D eigenvalue weighted by atomic mass is 16.5. The molecule has 0 unspecified atom stereocenters. The van der Waals surface area contributed by atoms with Gasteiger partial charge in [0, 0.05) is 37.0 Å². The first-order valence-electron chi connectivity index (χ1n) is 6.96. The number of aromatic nitrogens is 2. The first-order valence-corrected chi connectivity index (χ1v) is 6.96. The van der Waals surface area contributed by atoms with Crippen molar-refractivity contribution in [3.8, 4) is 0 Å². The van der Waals surface area contributed by atoms with E-state index >= 15 is 0 Å². The molecule has 0 bridgehead atoms. The third kappa shape index (κ3) is 2.51. The zero-order valence-electron chi connectivity index (χ0n) is 11.7. The van der Waals surface area contributed by atoms with Gasteiger partial charge in [-0.05, 0) is 45.1 Å². The SMILES string of the molecule is CN(C)CCn1c([C@@H]2CCCO2)cc2cccnc21. The standard InChI is InChI=1S/C15H21N3O/c1-17(2)8-9-18-13(14-6-4-10-19-14)11-12-5-3-7-16-15(12)18/h3,5,7,11,14H,4,6,8-10H2,1-2H3/t14-/m0/s1. The smallest absolute Gasteiger partial charge is 0.140 e. The van der Waals surface area contributed by atoms with Gasteiger partial charge in [0.25, 0.3) is 0 Å². The molecular formula is C15H21N3O. The molecule has 1 aliphatic rings. The third-order valence-corrected chi connectivity index (χ3v) is 3.72. The highest BCUT2D eigenvalue weighted by Gasteiger charge is 2.23. The van der Waals surface area contributed by atoms with Crippen molar-refractivity contribution in [2.75, 3.05) is 27.2 Å². The number of fused-ring (bicyclic) bond motifs is 1. The molecule has 2 aromatic rings. The van der Waals surface area contributed by atoms with Crippen LogP contribution in [0.3, 0.4) is 0 Å². The summed E-state index contributed by atoms with van der Waals surface area (Å²) in [5.41, 5.74) is 2.36. The Morgan fingerprint density at radius 2 is 2.37 bits per heavy atom. The largest absolute Gasteiger partial charge is 0.372 e. The minimum atomic E-state index is 0.247. The van der Waals surface area contributed by atoms with Gasteiger partial charge in [-0.1, -0.05) is 0 Å². The van der Waals surface area contributed by atoms with Gasteiger partial charge < -0.3 is 14.2 Å². The van der Waals surface area contributed by atoms with E-state index in [0.29, 0.717) is 0 Å². The normalized spacial score (nSPS) is 19.6. The number of nitrogens with zero attached hydrogens (tertiary/aromatic N) is 3. The molecule has 0 N–H and O–H groups in total. The summed E-state index contributed by atoms with van der Waals surface area (Å²) in [6, 6.07) is 6.37. The molecule has 0 spiro atoms. The van der Waals surface area contributed by atoms with Crippen LogP contribution in [0, 0.1) is 0 Å². The molecule has 102 valence electrons. The Labute approximate surface area is 114 Å². The van der Waals surface area contributed by atoms with Crippen LogP contribution in [0.1, 0.15) is 24.6 Å². The predicted molar refractivity (Wildman–Crippen MR) is 76.2 cm³/mol. The van der Waals surface area contributed by atoms with Crippen molar-refractivity contribution in [1.29, 1.82) is 0 Å². The summed E-state index contributed by atoms with van der Waals surface area (Å²) in [6.45, 7) is 2.86. The van der Waals surface area contributed by atoms with Crippen LogP contribution in [0.15, 0.2) is 24.4 Å². The van der Waals surface area contributed by atoms with Gasteiger partial charge in [-0.3, -0.25) is 0 Å². The molecule has 1 saturated heterocycles. The van der Waals surface area contributed by atoms with E-state index < -0.39 is 0 Å². The van der Waals surface area contributed by atoms with Crippen molar-refractivity contribution in [3.05, 3.63) is 30.1 Å². The Hall–Kier alpha value is -1.39. The van der Waals surface area contributed by atoms with Crippen molar-refractivity contribution in [3.63, 3.8) is 0 Å². The maximum Gasteiger partial charge on any atom is 0.140 e. The van der Waals surface area contributed by atoms with Crippen LogP contribution in [0.4, 0.5) is 0 Å². The lowest BCUT2D eigenvalue weighted by molar-refractivity contribution is 0.105. The van der Waals surface area contributed by atoms with Gasteiger partial charge in [0.1, 0.15) is 5.65 Å². The molecule has 0 amide bonds. The molecule has 1 aliphatic heterocycles. The Morgan fingerprint density at radius 1 is 1.47 bits per heavy atom. The van der Waals surface area contributed by atoms with Crippen LogP contribution < -0.4 is 0 Å². The second-order valence-electron chi connectivity index (χ2n) is 5.44. The monoisotopic (exact) mass is 259 g/mol. The summed E-state index contributed by atoms with van der Waals surface area (Å²) >= 11 is 0. The molecule has 19 heavy (non-hydrogen) atoms. The Morgan fingerprint density at radius 3 is 3.11 bits per heavy atom. The molecule has 4 nitrogen and oxygen atoms in total. The molecule has 4 heteroatoms. The number of ether oxygens (including phenoxy) is 1. The summed E-state index contributed by atoms with van der Waals surface area (Å²) in [5, 5.41) is 1.21. The van der Waals surface area contributed by atoms with E-state index in [-0.39, 0.29) is 6.10 Å². The van der Waals surface area contributed by atoms with Crippen LogP contribution in [-0.4, -0.2) is 41.7 Å². The van der Waals surface area contributed by atoms with Crippen LogP contribution in [0.2, 0.25) is 0 Å². The fourth-order valence-corrected chi connectivity index (χ4v) is 2.72. The molecule has 2 aromatic heterocycles. The molecule has 0 aromatic carbocycles. The van der Waals surface area contributed by atoms with Gasteiger partial charge >= 0.3 is 0 Å². The zero-order valence-corrected chi connectivity index (χ0v) is 11.7. The molecule has 1 atom stereocenters. The number of rotatable bonds is 4. The molecule has 0 aliphatic carbocycles. The van der Waals surface area contributed by atoms with Crippen LogP contribution in [-0.2, 0) is 11.3 Å². The van der Waals surface area contributed by atoms with Crippen LogP contribution in [0.25, 0.3) is 11.0 Å². The summed E-state index contributed by atoms with van der Waals surface area (Å²) in [7, 11) is 4.20. The van der Waals surface area contributed by atoms with Crippen molar-refractivity contribution in [2.45, 2.75) is 25.5 Å². The molecule has 0 saturated carbocycles. The quantitative estimate of drug-likeness (QED) is 0.845. The van der Waals surface area contributed by atoms with Gasteiger partial charge in [0.05, 0.1) is 6.10 Å². The topological polar surface area (TPSA) is 30.3 Å². The number of pyridine rings is 1. The van der Waals surface area contributed by atoms with Crippen molar-refractivity contribution < 1.29 is 4.74 Å². The summed E-state index contributed by atoms with van der Waals surface area (Å²) in [5.74, 6) is 0. The van der Waals surface area contributed by atoms with Crippen molar-refractivity contribution in [1.82, 2.24) is 14.5 Å². The van der Waals surface area contributed by atoms with Crippen LogP contribution >= 0.6 is 0 Å². The van der Waals surface area contributed by atoms with E-state index in [9.17, 15) is 0 Å². The lowest BCUT2D eigenvalue weighted by Gasteiger charge is -2.17. The minimum absolute atomic E-state index is 0.247. The molecular weight excluding hydrogens is 238 g/mol. The van der Waals surface area contributed by atoms with E-state index in [4.69, 9.17) is 4.74 Å². The van der Waals surface area contributed by atoms with E-state index in [2.05, 4.69) is 40.7 Å². The Bertz CT molecular complexity index is 556. The summed E-state index contributed by atoms with van der Waals surface area (Å²) < 4.78 is 8.18. The Balaban J connectivity index is 2.00. The second-order valence-corrected chi connectivity index (χ2v) is 5.44. The Kier molecular flexibility index (Phi) is 3.53. The average molecular weight is 259 g/mol. The van der Waals surface area contributed by atoms with E-state index in [1.165, 1.54) is 11.1 Å². The highest BCUT2D eigenvalue weighted by molar-refractivity contribution is 5.77. The van der Waals surface area contributed by atoms with Gasteiger partial charge in [-0.15, -0.1) is 0 Å². The lowest BCUT2D eigenvalue weighted by atomic mass is 10.2. The van der Waals surface area contributed by atoms with Gasteiger partial charge in [-0.25, -0.2) is 4.98 Å². The number of hydrogen-bond donors (Lipinski definition) is 0. The van der Waals surface area contributed by atoms with E-state index in [1.54, 1.807) is 0 Å². The fraction of sp³-hybridized carbons (Fsp3) is 0.533. The van der Waals surface area contributed by atoms with Gasteiger partial charge in [0.2, 0.25) is 0 Å². The fourth-order valence-electron chi connectivity index (χ4n) is 2.72. The number of hydrogen-bond acceptors (Lipinski definition) is 3. The molecule has 3 rings (SSSR count). The number of likely N-dealkylation sites (N-methyl/N-ethyl adjacent to an activating group) is 1. The molecule has 1 fully saturated rings. The van der Waals surface area contributed by atoms with E-state index in [1.807, 2.05) is 12.3 Å². The maximum absolute atomic E-state index is 5.85. The van der Waals surface area contributed by atoms with E-state index in [0.717, 1.165) is 38.2 Å². The van der Waals surface area contributed by atoms with Crippen molar-refractivity contribution >= 4 is 11.0 Å². The second kappa shape index (κ2) is 5.31.